The van der Waals surface area contributed by atoms with Crippen molar-refractivity contribution >= 4 is 5.91 Å². The van der Waals surface area contributed by atoms with Crippen molar-refractivity contribution in [1.82, 2.24) is 4.90 Å². The second-order valence-corrected chi connectivity index (χ2v) is 3.70. The summed E-state index contributed by atoms with van der Waals surface area (Å²) in [4.78, 5) is 13.5. The van der Waals surface area contributed by atoms with E-state index >= 15 is 0 Å². The van der Waals surface area contributed by atoms with E-state index in [0.717, 1.165) is 0 Å². The molecule has 102 valence electrons. The molecule has 19 heavy (non-hydrogen) atoms. The van der Waals surface area contributed by atoms with Gasteiger partial charge in [-0.3, -0.25) is 4.79 Å². The van der Waals surface area contributed by atoms with Gasteiger partial charge in [-0.15, -0.1) is 0 Å². The van der Waals surface area contributed by atoms with Gasteiger partial charge in [0.2, 0.25) is 5.75 Å². The maximum atomic E-state index is 12.2. The third kappa shape index (κ3) is 2.88. The molecular weight excluding hydrogens is 248 g/mol. The van der Waals surface area contributed by atoms with E-state index in [2.05, 4.69) is 0 Å². The van der Waals surface area contributed by atoms with Crippen LogP contribution < -0.4 is 14.2 Å². The van der Waals surface area contributed by atoms with E-state index < -0.39 is 0 Å². The maximum Gasteiger partial charge on any atom is 0.258 e. The Kier molecular flexibility index (Phi) is 5.01. The number of ether oxygens (including phenoxy) is 3. The number of methoxy groups -OCH3 is 3. The van der Waals surface area contributed by atoms with Crippen molar-refractivity contribution in [2.75, 3.05) is 34.9 Å². The van der Waals surface area contributed by atoms with Crippen LogP contribution in [0.15, 0.2) is 12.1 Å². The average molecular weight is 264 g/mol. The standard InChI is InChI=1S/C13H16N2O4/c1-15(8-7-14)13(16)9-5-6-10(17-2)12(19-4)11(9)18-3/h5-6H,8H2,1-4H3. The first-order valence-electron chi connectivity index (χ1n) is 5.52. The van der Waals surface area contributed by atoms with Crippen LogP contribution in [0.1, 0.15) is 10.4 Å². The summed E-state index contributed by atoms with van der Waals surface area (Å²) in [5, 5.41) is 8.62. The molecule has 1 rings (SSSR count). The van der Waals surface area contributed by atoms with Gasteiger partial charge in [-0.1, -0.05) is 0 Å². The zero-order valence-corrected chi connectivity index (χ0v) is 11.4. The Hall–Kier alpha value is -2.42. The highest BCUT2D eigenvalue weighted by Crippen LogP contribution is 2.39. The lowest BCUT2D eigenvalue weighted by atomic mass is 10.1. The molecule has 6 nitrogen and oxygen atoms in total. The molecule has 0 fully saturated rings. The fourth-order valence-corrected chi connectivity index (χ4v) is 1.65. The van der Waals surface area contributed by atoms with E-state index in [1.807, 2.05) is 6.07 Å². The second kappa shape index (κ2) is 6.50. The summed E-state index contributed by atoms with van der Waals surface area (Å²) in [6.45, 7) is -0.00364. The van der Waals surface area contributed by atoms with E-state index in [4.69, 9.17) is 19.5 Å². The molecule has 0 aliphatic rings. The zero-order chi connectivity index (χ0) is 14.4. The smallest absolute Gasteiger partial charge is 0.258 e. The monoisotopic (exact) mass is 264 g/mol. The molecule has 1 aromatic rings. The minimum Gasteiger partial charge on any atom is -0.493 e. The van der Waals surface area contributed by atoms with E-state index in [0.29, 0.717) is 17.1 Å². The lowest BCUT2D eigenvalue weighted by molar-refractivity contribution is 0.0808. The highest BCUT2D eigenvalue weighted by Gasteiger charge is 2.22. The van der Waals surface area contributed by atoms with Crippen LogP contribution in [0, 0.1) is 11.3 Å². The molecule has 0 heterocycles. The number of carbonyl (C=O) groups is 1. The van der Waals surface area contributed by atoms with Crippen molar-refractivity contribution in [1.29, 1.82) is 5.26 Å². The third-order valence-corrected chi connectivity index (χ3v) is 2.59. The van der Waals surface area contributed by atoms with Crippen molar-refractivity contribution in [2.24, 2.45) is 0 Å². The van der Waals surface area contributed by atoms with Crippen molar-refractivity contribution in [3.05, 3.63) is 17.7 Å². The molecule has 1 amide bonds. The van der Waals surface area contributed by atoms with E-state index in [1.54, 1.807) is 19.2 Å². The Balaban J connectivity index is 3.29. The lowest BCUT2D eigenvalue weighted by Crippen LogP contribution is -2.27. The Labute approximate surface area is 112 Å². The summed E-state index contributed by atoms with van der Waals surface area (Å²) in [5.41, 5.74) is 0.318. The molecule has 0 aliphatic carbocycles. The average Bonchev–Trinajstić information content (AvgIpc) is 2.44. The second-order valence-electron chi connectivity index (χ2n) is 3.70. The molecule has 0 N–H and O–H groups in total. The van der Waals surface area contributed by atoms with Crippen molar-refractivity contribution in [2.45, 2.75) is 0 Å². The van der Waals surface area contributed by atoms with Gasteiger partial charge in [0.1, 0.15) is 6.54 Å². The molecular formula is C13H16N2O4. The summed E-state index contributed by atoms with van der Waals surface area (Å²) < 4.78 is 15.6. The van der Waals surface area contributed by atoms with Gasteiger partial charge in [-0.05, 0) is 12.1 Å². The van der Waals surface area contributed by atoms with Gasteiger partial charge < -0.3 is 19.1 Å². The number of nitriles is 1. The number of rotatable bonds is 5. The van der Waals surface area contributed by atoms with Gasteiger partial charge in [0.05, 0.1) is 33.0 Å². The van der Waals surface area contributed by atoms with Gasteiger partial charge in [0.15, 0.2) is 11.5 Å². The minimum absolute atomic E-state index is 0.00364. The summed E-state index contributed by atoms with van der Waals surface area (Å²) in [6.07, 6.45) is 0. The molecule has 0 saturated carbocycles. The first-order chi connectivity index (χ1) is 9.10. The van der Waals surface area contributed by atoms with Crippen LogP contribution in [-0.4, -0.2) is 45.7 Å². The molecule has 0 spiro atoms. The van der Waals surface area contributed by atoms with Crippen LogP contribution in [0.2, 0.25) is 0 Å². The van der Waals surface area contributed by atoms with Gasteiger partial charge >= 0.3 is 0 Å². The first kappa shape index (κ1) is 14.6. The van der Waals surface area contributed by atoms with Crippen LogP contribution in [0.5, 0.6) is 17.2 Å². The lowest BCUT2D eigenvalue weighted by Gasteiger charge is -2.18. The number of carbonyl (C=O) groups excluding carboxylic acids is 1. The molecule has 0 bridgehead atoms. The Morgan fingerprint density at radius 3 is 2.32 bits per heavy atom. The molecule has 6 heteroatoms. The minimum atomic E-state index is -0.320. The Bertz CT molecular complexity index is 508. The summed E-state index contributed by atoms with van der Waals surface area (Å²) in [5.74, 6) is 0.788. The van der Waals surface area contributed by atoms with Crippen LogP contribution in [-0.2, 0) is 0 Å². The molecule has 1 aromatic carbocycles. The number of hydrogen-bond donors (Lipinski definition) is 0. The molecule has 0 aromatic heterocycles. The fourth-order valence-electron chi connectivity index (χ4n) is 1.65. The number of amides is 1. The van der Waals surface area contributed by atoms with E-state index in [9.17, 15) is 4.79 Å². The number of nitrogens with zero attached hydrogens (tertiary/aromatic N) is 2. The van der Waals surface area contributed by atoms with Gasteiger partial charge in [-0.25, -0.2) is 0 Å². The third-order valence-electron chi connectivity index (χ3n) is 2.59. The van der Waals surface area contributed by atoms with Crippen LogP contribution in [0.3, 0.4) is 0 Å². The molecule has 0 unspecified atom stereocenters. The summed E-state index contributed by atoms with van der Waals surface area (Å²) >= 11 is 0. The highest BCUT2D eigenvalue weighted by molar-refractivity contribution is 5.98. The molecule has 0 saturated heterocycles. The predicted octanol–water partition coefficient (Wildman–Crippen LogP) is 1.31. The van der Waals surface area contributed by atoms with Gasteiger partial charge in [-0.2, -0.15) is 5.26 Å². The maximum absolute atomic E-state index is 12.2. The van der Waals surface area contributed by atoms with Crippen molar-refractivity contribution in [3.8, 4) is 23.3 Å². The largest absolute Gasteiger partial charge is 0.493 e. The highest BCUT2D eigenvalue weighted by atomic mass is 16.5. The van der Waals surface area contributed by atoms with E-state index in [-0.39, 0.29) is 18.2 Å². The Morgan fingerprint density at radius 1 is 1.21 bits per heavy atom. The van der Waals surface area contributed by atoms with Gasteiger partial charge in [0, 0.05) is 7.05 Å². The number of benzene rings is 1. The van der Waals surface area contributed by atoms with Crippen molar-refractivity contribution < 1.29 is 19.0 Å². The molecule has 0 atom stereocenters. The van der Waals surface area contributed by atoms with Crippen molar-refractivity contribution in [3.63, 3.8) is 0 Å². The van der Waals surface area contributed by atoms with E-state index in [1.165, 1.54) is 26.2 Å². The Morgan fingerprint density at radius 2 is 1.84 bits per heavy atom. The van der Waals surface area contributed by atoms with Crippen LogP contribution in [0.25, 0.3) is 0 Å². The number of hydrogen-bond acceptors (Lipinski definition) is 5. The SMILES string of the molecule is COc1ccc(C(=O)N(C)CC#N)c(OC)c1OC. The fraction of sp³-hybridized carbons (Fsp3) is 0.385. The van der Waals surface area contributed by atoms with Gasteiger partial charge in [0.25, 0.3) is 5.91 Å². The summed E-state index contributed by atoms with van der Waals surface area (Å²) in [6, 6.07) is 5.11. The normalized spacial score (nSPS) is 9.42. The topological polar surface area (TPSA) is 71.8 Å². The predicted molar refractivity (Wildman–Crippen MR) is 68.7 cm³/mol. The quantitative estimate of drug-likeness (QED) is 0.750. The summed E-state index contributed by atoms with van der Waals surface area (Å²) in [7, 11) is 5.95. The molecule has 0 aliphatic heterocycles. The van der Waals surface area contributed by atoms with Crippen LogP contribution in [0.4, 0.5) is 0 Å². The first-order valence-corrected chi connectivity index (χ1v) is 5.52. The molecule has 0 radical (unpaired) electrons. The zero-order valence-electron chi connectivity index (χ0n) is 11.4. The van der Waals surface area contributed by atoms with Crippen LogP contribution >= 0.6 is 0 Å².